The van der Waals surface area contributed by atoms with Crippen molar-refractivity contribution < 1.29 is 9.53 Å². The molecule has 0 saturated carbocycles. The molecule has 1 N–H and O–H groups in total. The van der Waals surface area contributed by atoms with Crippen molar-refractivity contribution in [2.75, 3.05) is 13.7 Å². The number of esters is 1. The van der Waals surface area contributed by atoms with Gasteiger partial charge in [-0.3, -0.25) is 4.79 Å². The molecule has 0 radical (unpaired) electrons. The minimum atomic E-state index is -0.142. The summed E-state index contributed by atoms with van der Waals surface area (Å²) in [6.45, 7) is 0.944. The summed E-state index contributed by atoms with van der Waals surface area (Å²) in [4.78, 5) is 10.5. The van der Waals surface area contributed by atoms with Gasteiger partial charge >= 0.3 is 5.97 Å². The highest BCUT2D eigenvalue weighted by molar-refractivity contribution is 5.85. The zero-order valence-corrected chi connectivity index (χ0v) is 6.03. The fourth-order valence-corrected chi connectivity index (χ4v) is 0.632. The maximum absolute atomic E-state index is 10.5. The van der Waals surface area contributed by atoms with Crippen LogP contribution >= 0.6 is 12.4 Å². The topological polar surface area (TPSA) is 38.3 Å². The Balaban J connectivity index is 0.000000640. The smallest absolute Gasteiger partial charge is 0.322 e. The third-order valence-electron chi connectivity index (χ3n) is 1.31. The van der Waals surface area contributed by atoms with Crippen LogP contribution in [0.4, 0.5) is 0 Å². The molecule has 54 valence electrons. The third kappa shape index (κ3) is 1.84. The maximum atomic E-state index is 10.5. The van der Waals surface area contributed by atoms with Crippen molar-refractivity contribution in [3.8, 4) is 0 Å². The normalized spacial score (nSPS) is 23.4. The average Bonchev–Trinajstić information content (AvgIpc) is 1.62. The Hall–Kier alpha value is -0.280. The Morgan fingerprint density at radius 1 is 1.78 bits per heavy atom. The van der Waals surface area contributed by atoms with Crippen LogP contribution in [0.3, 0.4) is 0 Å². The molecular formula is C5H10ClNO2. The number of carbonyl (C=O) groups excluding carboxylic acids is 1. The van der Waals surface area contributed by atoms with E-state index in [4.69, 9.17) is 0 Å². The molecule has 0 spiro atoms. The van der Waals surface area contributed by atoms with Gasteiger partial charge in [-0.1, -0.05) is 0 Å². The van der Waals surface area contributed by atoms with Gasteiger partial charge in [0, 0.05) is 0 Å². The van der Waals surface area contributed by atoms with E-state index in [0.717, 1.165) is 13.0 Å². The summed E-state index contributed by atoms with van der Waals surface area (Å²) in [6.07, 6.45) is 0.923. The lowest BCUT2D eigenvalue weighted by Crippen LogP contribution is -2.48. The molecule has 3 nitrogen and oxygen atoms in total. The molecule has 1 rings (SSSR count). The predicted molar refractivity (Wildman–Crippen MR) is 35.7 cm³/mol. The van der Waals surface area contributed by atoms with Gasteiger partial charge in [-0.25, -0.2) is 0 Å². The van der Waals surface area contributed by atoms with Gasteiger partial charge in [-0.2, -0.15) is 0 Å². The minimum Gasteiger partial charge on any atom is -0.468 e. The van der Waals surface area contributed by atoms with Crippen molar-refractivity contribution in [1.82, 2.24) is 5.32 Å². The van der Waals surface area contributed by atoms with E-state index in [-0.39, 0.29) is 24.4 Å². The third-order valence-corrected chi connectivity index (χ3v) is 1.31. The maximum Gasteiger partial charge on any atom is 0.322 e. The number of halogens is 1. The molecule has 1 saturated heterocycles. The summed E-state index contributed by atoms with van der Waals surface area (Å²) in [5.74, 6) is -0.142. The molecule has 0 amide bonds. The van der Waals surface area contributed by atoms with Crippen LogP contribution in [0.15, 0.2) is 0 Å². The zero-order chi connectivity index (χ0) is 5.98. The van der Waals surface area contributed by atoms with Crippen LogP contribution < -0.4 is 5.32 Å². The first-order valence-electron chi connectivity index (χ1n) is 2.66. The SMILES string of the molecule is COC(=O)[C@@H]1CCN1.Cl. The van der Waals surface area contributed by atoms with Gasteiger partial charge in [0.05, 0.1) is 7.11 Å². The van der Waals surface area contributed by atoms with Crippen LogP contribution in [0.5, 0.6) is 0 Å². The lowest BCUT2D eigenvalue weighted by atomic mass is 10.1. The van der Waals surface area contributed by atoms with Crippen LogP contribution in [-0.2, 0) is 9.53 Å². The van der Waals surface area contributed by atoms with Gasteiger partial charge in [-0.05, 0) is 13.0 Å². The molecule has 0 aliphatic carbocycles. The van der Waals surface area contributed by atoms with E-state index in [0.29, 0.717) is 0 Å². The average molecular weight is 152 g/mol. The quantitative estimate of drug-likeness (QED) is 0.534. The first-order valence-corrected chi connectivity index (χ1v) is 2.66. The molecule has 0 bridgehead atoms. The van der Waals surface area contributed by atoms with Crippen LogP contribution in [0.1, 0.15) is 6.42 Å². The molecule has 0 unspecified atom stereocenters. The van der Waals surface area contributed by atoms with Gasteiger partial charge in [0.25, 0.3) is 0 Å². The second kappa shape index (κ2) is 3.69. The Labute approximate surface area is 60.2 Å². The lowest BCUT2D eigenvalue weighted by Gasteiger charge is -2.24. The highest BCUT2D eigenvalue weighted by atomic mass is 35.5. The number of carbonyl (C=O) groups is 1. The molecule has 1 aliphatic heterocycles. The fraction of sp³-hybridized carbons (Fsp3) is 0.800. The first kappa shape index (κ1) is 8.72. The van der Waals surface area contributed by atoms with Gasteiger partial charge in [-0.15, -0.1) is 12.4 Å². The predicted octanol–water partition coefficient (Wildman–Crippen LogP) is -0.0569. The van der Waals surface area contributed by atoms with Crippen molar-refractivity contribution >= 4 is 18.4 Å². The molecule has 0 aromatic heterocycles. The van der Waals surface area contributed by atoms with E-state index in [1.807, 2.05) is 0 Å². The Morgan fingerprint density at radius 3 is 2.44 bits per heavy atom. The molecule has 4 heteroatoms. The summed E-state index contributed by atoms with van der Waals surface area (Å²) < 4.78 is 4.45. The molecule has 1 fully saturated rings. The van der Waals surface area contributed by atoms with Crippen molar-refractivity contribution in [2.45, 2.75) is 12.5 Å². The number of rotatable bonds is 1. The van der Waals surface area contributed by atoms with Crippen LogP contribution in [-0.4, -0.2) is 25.7 Å². The summed E-state index contributed by atoms with van der Waals surface area (Å²) in [6, 6.07) is -0.0139. The molecule has 0 aromatic rings. The van der Waals surface area contributed by atoms with Crippen molar-refractivity contribution in [3.63, 3.8) is 0 Å². The van der Waals surface area contributed by atoms with Crippen LogP contribution in [0.2, 0.25) is 0 Å². The Bertz CT molecular complexity index is 103. The van der Waals surface area contributed by atoms with E-state index in [1.54, 1.807) is 0 Å². The van der Waals surface area contributed by atoms with Crippen molar-refractivity contribution in [3.05, 3.63) is 0 Å². The number of methoxy groups -OCH3 is 1. The largest absolute Gasteiger partial charge is 0.468 e. The summed E-state index contributed by atoms with van der Waals surface area (Å²) >= 11 is 0. The minimum absolute atomic E-state index is 0. The number of hydrogen-bond donors (Lipinski definition) is 1. The fourth-order valence-electron chi connectivity index (χ4n) is 0.632. The second-order valence-corrected chi connectivity index (χ2v) is 1.82. The molecule has 1 atom stereocenters. The number of nitrogens with one attached hydrogen (secondary N) is 1. The summed E-state index contributed by atoms with van der Waals surface area (Å²) in [7, 11) is 1.41. The molecule has 0 aromatic carbocycles. The summed E-state index contributed by atoms with van der Waals surface area (Å²) in [5.41, 5.74) is 0. The van der Waals surface area contributed by atoms with E-state index >= 15 is 0 Å². The second-order valence-electron chi connectivity index (χ2n) is 1.82. The van der Waals surface area contributed by atoms with Crippen LogP contribution in [0, 0.1) is 0 Å². The van der Waals surface area contributed by atoms with E-state index in [1.165, 1.54) is 7.11 Å². The van der Waals surface area contributed by atoms with E-state index in [9.17, 15) is 4.79 Å². The van der Waals surface area contributed by atoms with Gasteiger partial charge in [0.2, 0.25) is 0 Å². The molecule has 1 aliphatic rings. The number of ether oxygens (including phenoxy) is 1. The highest BCUT2D eigenvalue weighted by Gasteiger charge is 2.24. The highest BCUT2D eigenvalue weighted by Crippen LogP contribution is 2.01. The van der Waals surface area contributed by atoms with E-state index < -0.39 is 0 Å². The van der Waals surface area contributed by atoms with Gasteiger partial charge in [0.1, 0.15) is 6.04 Å². The van der Waals surface area contributed by atoms with Crippen LogP contribution in [0.25, 0.3) is 0 Å². The van der Waals surface area contributed by atoms with Gasteiger partial charge in [0.15, 0.2) is 0 Å². The number of hydrogen-bond acceptors (Lipinski definition) is 3. The first-order chi connectivity index (χ1) is 3.84. The molecule has 1 heterocycles. The Morgan fingerprint density at radius 2 is 2.33 bits per heavy atom. The summed E-state index contributed by atoms with van der Waals surface area (Å²) in [5, 5.41) is 2.92. The lowest BCUT2D eigenvalue weighted by molar-refractivity contribution is -0.144. The van der Waals surface area contributed by atoms with Gasteiger partial charge < -0.3 is 10.1 Å². The monoisotopic (exact) mass is 151 g/mol. The molecular weight excluding hydrogens is 142 g/mol. The zero-order valence-electron chi connectivity index (χ0n) is 5.22. The van der Waals surface area contributed by atoms with Crippen molar-refractivity contribution in [1.29, 1.82) is 0 Å². The van der Waals surface area contributed by atoms with E-state index in [2.05, 4.69) is 10.1 Å². The standard InChI is InChI=1S/C5H9NO2.ClH/c1-8-5(7)4-2-3-6-4;/h4,6H,2-3H2,1H3;1H/t4-;/m0./s1. The Kier molecular flexibility index (Phi) is 3.58. The molecule has 9 heavy (non-hydrogen) atoms. The van der Waals surface area contributed by atoms with Crippen molar-refractivity contribution in [2.24, 2.45) is 0 Å².